The number of hydrogen-bond donors (Lipinski definition) is 1. The molecule has 1 heterocycles. The quantitative estimate of drug-likeness (QED) is 0.882. The van der Waals surface area contributed by atoms with Crippen molar-refractivity contribution in [1.29, 1.82) is 0 Å². The van der Waals surface area contributed by atoms with Gasteiger partial charge in [0.25, 0.3) is 0 Å². The van der Waals surface area contributed by atoms with Crippen molar-refractivity contribution < 1.29 is 13.2 Å². The molecule has 2 aromatic rings. The van der Waals surface area contributed by atoms with Gasteiger partial charge in [0.15, 0.2) is 0 Å². The second-order valence-electron chi connectivity index (χ2n) is 4.33. The molecule has 0 fully saturated rings. The normalized spacial score (nSPS) is 13.5. The van der Waals surface area contributed by atoms with Crippen LogP contribution < -0.4 is 5.32 Å². The van der Waals surface area contributed by atoms with E-state index in [2.05, 4.69) is 5.32 Å². The van der Waals surface area contributed by atoms with Crippen LogP contribution in [0, 0.1) is 6.92 Å². The lowest BCUT2D eigenvalue weighted by atomic mass is 10.00. The van der Waals surface area contributed by atoms with E-state index in [1.54, 1.807) is 18.4 Å². The molecule has 1 nitrogen and oxygen atoms in total. The van der Waals surface area contributed by atoms with Gasteiger partial charge in [0.2, 0.25) is 0 Å². The molecule has 0 amide bonds. The summed E-state index contributed by atoms with van der Waals surface area (Å²) in [5.41, 5.74) is 1.28. The van der Waals surface area contributed by atoms with E-state index in [1.165, 1.54) is 17.0 Å². The Bertz CT molecular complexity index is 543. The van der Waals surface area contributed by atoms with Gasteiger partial charge < -0.3 is 5.32 Å². The first-order valence-corrected chi connectivity index (χ1v) is 6.69. The molecule has 0 bridgehead atoms. The minimum Gasteiger partial charge on any atom is -0.309 e. The first kappa shape index (κ1) is 14.1. The Labute approximate surface area is 114 Å². The van der Waals surface area contributed by atoms with Gasteiger partial charge in [0, 0.05) is 4.88 Å². The summed E-state index contributed by atoms with van der Waals surface area (Å²) in [7, 11) is 1.80. The van der Waals surface area contributed by atoms with Crippen molar-refractivity contribution in [1.82, 2.24) is 5.32 Å². The molecule has 19 heavy (non-hydrogen) atoms. The van der Waals surface area contributed by atoms with E-state index in [9.17, 15) is 13.2 Å². The van der Waals surface area contributed by atoms with Crippen LogP contribution in [0.3, 0.4) is 0 Å². The van der Waals surface area contributed by atoms with E-state index in [0.717, 1.165) is 23.3 Å². The molecule has 5 heteroatoms. The lowest BCUT2D eigenvalue weighted by Gasteiger charge is -2.16. The largest absolute Gasteiger partial charge is 0.416 e. The van der Waals surface area contributed by atoms with E-state index in [1.807, 2.05) is 18.4 Å². The monoisotopic (exact) mass is 285 g/mol. The van der Waals surface area contributed by atoms with Gasteiger partial charge in [0.05, 0.1) is 11.6 Å². The van der Waals surface area contributed by atoms with Gasteiger partial charge >= 0.3 is 6.18 Å². The molecule has 0 spiro atoms. The average molecular weight is 285 g/mol. The van der Waals surface area contributed by atoms with E-state index >= 15 is 0 Å². The van der Waals surface area contributed by atoms with Crippen LogP contribution in [-0.4, -0.2) is 7.05 Å². The first-order chi connectivity index (χ1) is 8.91. The number of halogens is 3. The molecule has 0 aliphatic heterocycles. The van der Waals surface area contributed by atoms with Crippen molar-refractivity contribution in [2.45, 2.75) is 19.1 Å². The zero-order valence-electron chi connectivity index (χ0n) is 10.6. The maximum absolute atomic E-state index is 12.5. The Hall–Kier alpha value is -1.33. The van der Waals surface area contributed by atoms with Gasteiger partial charge in [0.1, 0.15) is 0 Å². The van der Waals surface area contributed by atoms with Crippen molar-refractivity contribution >= 4 is 11.3 Å². The van der Waals surface area contributed by atoms with Crippen LogP contribution >= 0.6 is 11.3 Å². The Morgan fingerprint density at radius 3 is 2.16 bits per heavy atom. The molecular weight excluding hydrogens is 271 g/mol. The lowest BCUT2D eigenvalue weighted by molar-refractivity contribution is -0.137. The van der Waals surface area contributed by atoms with E-state index < -0.39 is 11.7 Å². The molecule has 0 aliphatic carbocycles. The van der Waals surface area contributed by atoms with Crippen LogP contribution in [0.4, 0.5) is 13.2 Å². The van der Waals surface area contributed by atoms with Gasteiger partial charge in [-0.25, -0.2) is 0 Å². The number of rotatable bonds is 3. The molecule has 0 radical (unpaired) electrons. The van der Waals surface area contributed by atoms with Gasteiger partial charge in [-0.2, -0.15) is 13.2 Å². The molecule has 0 saturated heterocycles. The third-order valence-electron chi connectivity index (χ3n) is 2.94. The Morgan fingerprint density at radius 1 is 1.11 bits per heavy atom. The summed E-state index contributed by atoms with van der Waals surface area (Å²) in [4.78, 5) is 1.18. The van der Waals surface area contributed by atoms with Crippen molar-refractivity contribution in [2.75, 3.05) is 7.05 Å². The number of benzene rings is 1. The molecule has 0 aliphatic rings. The molecule has 102 valence electrons. The number of thiophene rings is 1. The minimum absolute atomic E-state index is 0.0766. The number of nitrogens with one attached hydrogen (secondary N) is 1. The minimum atomic E-state index is -4.29. The molecule has 1 unspecified atom stereocenters. The van der Waals surface area contributed by atoms with Crippen LogP contribution in [0.15, 0.2) is 35.7 Å². The Morgan fingerprint density at radius 2 is 1.74 bits per heavy atom. The van der Waals surface area contributed by atoms with Crippen molar-refractivity contribution in [2.24, 2.45) is 0 Å². The highest BCUT2D eigenvalue weighted by atomic mass is 32.1. The van der Waals surface area contributed by atoms with Gasteiger partial charge in [-0.1, -0.05) is 12.1 Å². The smallest absolute Gasteiger partial charge is 0.309 e. The fourth-order valence-corrected chi connectivity index (χ4v) is 2.74. The van der Waals surface area contributed by atoms with Crippen molar-refractivity contribution in [3.8, 4) is 0 Å². The van der Waals surface area contributed by atoms with Crippen LogP contribution in [0.25, 0.3) is 0 Å². The van der Waals surface area contributed by atoms with Crippen molar-refractivity contribution in [3.63, 3.8) is 0 Å². The molecule has 2 rings (SSSR count). The maximum Gasteiger partial charge on any atom is 0.416 e. The molecular formula is C14H14F3NS. The summed E-state index contributed by atoms with van der Waals surface area (Å²) >= 11 is 1.63. The summed E-state index contributed by atoms with van der Waals surface area (Å²) in [5, 5.41) is 5.15. The fraction of sp³-hybridized carbons (Fsp3) is 0.286. The standard InChI is InChI=1S/C14H14F3NS/c1-9-7-11(8-19-9)13(18-2)10-3-5-12(6-4-10)14(15,16)17/h3-8,13,18H,1-2H3. The molecule has 0 saturated carbocycles. The van der Waals surface area contributed by atoms with Crippen molar-refractivity contribution in [3.05, 3.63) is 57.3 Å². The summed E-state index contributed by atoms with van der Waals surface area (Å²) in [5.74, 6) is 0. The van der Waals surface area contributed by atoms with Crippen LogP contribution in [0.2, 0.25) is 0 Å². The van der Waals surface area contributed by atoms with Gasteiger partial charge in [-0.05, 0) is 48.7 Å². The fourth-order valence-electron chi connectivity index (χ4n) is 2.01. The maximum atomic E-state index is 12.5. The van der Waals surface area contributed by atoms with E-state index in [-0.39, 0.29) is 6.04 Å². The first-order valence-electron chi connectivity index (χ1n) is 5.81. The average Bonchev–Trinajstić information content (AvgIpc) is 2.76. The van der Waals surface area contributed by atoms with E-state index in [0.29, 0.717) is 0 Å². The summed E-state index contributed by atoms with van der Waals surface area (Å²) in [6.45, 7) is 2.01. The second kappa shape index (κ2) is 5.35. The van der Waals surface area contributed by atoms with E-state index in [4.69, 9.17) is 0 Å². The Kier molecular flexibility index (Phi) is 3.96. The summed E-state index contributed by atoms with van der Waals surface area (Å²) in [6, 6.07) is 7.27. The lowest BCUT2D eigenvalue weighted by Crippen LogP contribution is -2.17. The second-order valence-corrected chi connectivity index (χ2v) is 5.45. The van der Waals surface area contributed by atoms with Crippen LogP contribution in [0.1, 0.15) is 27.6 Å². The SMILES string of the molecule is CNC(c1ccc(C(F)(F)F)cc1)c1csc(C)c1. The number of alkyl halides is 3. The molecule has 1 atom stereocenters. The molecule has 1 aromatic heterocycles. The van der Waals surface area contributed by atoms with Gasteiger partial charge in [-0.15, -0.1) is 11.3 Å². The van der Waals surface area contributed by atoms with Gasteiger partial charge in [-0.3, -0.25) is 0 Å². The zero-order valence-corrected chi connectivity index (χ0v) is 11.4. The van der Waals surface area contributed by atoms with Crippen LogP contribution in [-0.2, 0) is 6.18 Å². The third kappa shape index (κ3) is 3.16. The zero-order chi connectivity index (χ0) is 14.0. The predicted molar refractivity (Wildman–Crippen MR) is 71.4 cm³/mol. The Balaban J connectivity index is 2.30. The highest BCUT2D eigenvalue weighted by molar-refractivity contribution is 7.10. The predicted octanol–water partition coefficient (Wildman–Crippen LogP) is 4.38. The molecule has 1 aromatic carbocycles. The highest BCUT2D eigenvalue weighted by Crippen LogP contribution is 2.31. The highest BCUT2D eigenvalue weighted by Gasteiger charge is 2.30. The third-order valence-corrected chi connectivity index (χ3v) is 3.82. The van der Waals surface area contributed by atoms with Crippen LogP contribution in [0.5, 0.6) is 0 Å². The molecule has 1 N–H and O–H groups in total. The topological polar surface area (TPSA) is 12.0 Å². The summed E-state index contributed by atoms with van der Waals surface area (Å²) in [6.07, 6.45) is -4.29. The number of hydrogen-bond acceptors (Lipinski definition) is 2. The number of aryl methyl sites for hydroxylation is 1. The summed E-state index contributed by atoms with van der Waals surface area (Å²) < 4.78 is 37.5.